The predicted octanol–water partition coefficient (Wildman–Crippen LogP) is 3.76. The zero-order valence-electron chi connectivity index (χ0n) is 9.06. The third-order valence-electron chi connectivity index (χ3n) is 2.90. The number of rotatable bonds is 6. The molecule has 1 heterocycles. The molecule has 13 heavy (non-hydrogen) atoms. The lowest BCUT2D eigenvalue weighted by Gasteiger charge is -2.18. The average Bonchev–Trinajstić information content (AvgIpc) is 2.19. The van der Waals surface area contributed by atoms with Gasteiger partial charge in [0.15, 0.2) is 0 Å². The molecule has 76 valence electrons. The number of hydrogen-bond donors (Lipinski definition) is 0. The van der Waals surface area contributed by atoms with E-state index in [1.54, 1.807) is 0 Å². The molecule has 0 amide bonds. The molecule has 0 aliphatic carbocycles. The van der Waals surface area contributed by atoms with Crippen LogP contribution in [-0.4, -0.2) is 13.5 Å². The number of unbranched alkanes of at least 4 members (excludes halogenated alkanes) is 3. The van der Waals surface area contributed by atoms with Crippen molar-refractivity contribution >= 4 is 6.92 Å². The molecule has 0 aromatic rings. The van der Waals surface area contributed by atoms with Crippen molar-refractivity contribution in [1.82, 2.24) is 0 Å². The summed E-state index contributed by atoms with van der Waals surface area (Å²) in [6.07, 6.45) is 12.1. The summed E-state index contributed by atoms with van der Waals surface area (Å²) in [6.45, 7) is 3.86. The van der Waals surface area contributed by atoms with Crippen LogP contribution in [0.25, 0.3) is 0 Å². The minimum absolute atomic E-state index is 0.607. The van der Waals surface area contributed by atoms with Gasteiger partial charge < -0.3 is 4.65 Å². The van der Waals surface area contributed by atoms with Gasteiger partial charge >= 0.3 is 0 Å². The second-order valence-electron chi connectivity index (χ2n) is 4.19. The highest BCUT2D eigenvalue weighted by Gasteiger charge is 2.18. The first kappa shape index (κ1) is 11.1. The van der Waals surface area contributed by atoms with Gasteiger partial charge in [-0.1, -0.05) is 45.4 Å². The standard InChI is InChI=1S/C11H23BO/c1-2-3-4-8-11-13-12-9-6-5-7-10-12/h2-11H2,1H3. The van der Waals surface area contributed by atoms with E-state index in [2.05, 4.69) is 6.92 Å². The second kappa shape index (κ2) is 7.43. The van der Waals surface area contributed by atoms with Crippen molar-refractivity contribution in [2.45, 2.75) is 64.5 Å². The second-order valence-corrected chi connectivity index (χ2v) is 4.19. The summed E-state index contributed by atoms with van der Waals surface area (Å²) in [7, 11) is 0. The van der Waals surface area contributed by atoms with Crippen molar-refractivity contribution in [2.24, 2.45) is 0 Å². The Kier molecular flexibility index (Phi) is 6.35. The average molecular weight is 182 g/mol. The Hall–Kier alpha value is 0.0249. The Morgan fingerprint density at radius 3 is 2.46 bits per heavy atom. The molecule has 1 aliphatic rings. The Bertz CT molecular complexity index is 111. The molecule has 0 aromatic carbocycles. The van der Waals surface area contributed by atoms with E-state index in [0.717, 1.165) is 6.61 Å². The van der Waals surface area contributed by atoms with Gasteiger partial charge in [-0.2, -0.15) is 0 Å². The Morgan fingerprint density at radius 2 is 1.77 bits per heavy atom. The first-order valence-corrected chi connectivity index (χ1v) is 6.05. The molecule has 0 radical (unpaired) electrons. The molecule has 0 aromatic heterocycles. The van der Waals surface area contributed by atoms with Gasteiger partial charge in [0.25, 0.3) is 6.92 Å². The molecule has 0 spiro atoms. The molecular formula is C11H23BO. The van der Waals surface area contributed by atoms with E-state index in [1.807, 2.05) is 0 Å². The molecule has 1 nitrogen and oxygen atoms in total. The normalized spacial score (nSPS) is 17.8. The summed E-state index contributed by atoms with van der Waals surface area (Å²) < 4.78 is 5.83. The summed E-state index contributed by atoms with van der Waals surface area (Å²) in [5.41, 5.74) is 0. The van der Waals surface area contributed by atoms with Crippen LogP contribution in [0.1, 0.15) is 51.9 Å². The van der Waals surface area contributed by atoms with Crippen molar-refractivity contribution < 1.29 is 4.65 Å². The summed E-state index contributed by atoms with van der Waals surface area (Å²) in [5.74, 6) is 0. The zero-order valence-corrected chi connectivity index (χ0v) is 9.06. The SMILES string of the molecule is CCCCCCOB1CCCCC1. The van der Waals surface area contributed by atoms with Crippen LogP contribution in [0.15, 0.2) is 0 Å². The summed E-state index contributed by atoms with van der Waals surface area (Å²) in [6, 6.07) is 0. The maximum Gasteiger partial charge on any atom is 0.293 e. The van der Waals surface area contributed by atoms with E-state index < -0.39 is 0 Å². The highest BCUT2D eigenvalue weighted by Crippen LogP contribution is 2.19. The van der Waals surface area contributed by atoms with E-state index in [9.17, 15) is 0 Å². The quantitative estimate of drug-likeness (QED) is 0.449. The first-order valence-electron chi connectivity index (χ1n) is 6.05. The van der Waals surface area contributed by atoms with Crippen LogP contribution < -0.4 is 0 Å². The van der Waals surface area contributed by atoms with Crippen molar-refractivity contribution in [2.75, 3.05) is 6.61 Å². The van der Waals surface area contributed by atoms with Gasteiger partial charge in [-0.3, -0.25) is 0 Å². The first-order chi connectivity index (χ1) is 6.43. The van der Waals surface area contributed by atoms with Gasteiger partial charge in [0.05, 0.1) is 0 Å². The van der Waals surface area contributed by atoms with Gasteiger partial charge in [0.2, 0.25) is 0 Å². The molecule has 1 rings (SSSR count). The minimum Gasteiger partial charge on any atom is -0.436 e. The summed E-state index contributed by atoms with van der Waals surface area (Å²) >= 11 is 0. The molecule has 0 N–H and O–H groups in total. The Balaban J connectivity index is 1.86. The molecule has 1 aliphatic heterocycles. The van der Waals surface area contributed by atoms with Gasteiger partial charge in [-0.05, 0) is 19.1 Å². The molecule has 1 fully saturated rings. The third-order valence-corrected chi connectivity index (χ3v) is 2.90. The van der Waals surface area contributed by atoms with E-state index in [-0.39, 0.29) is 0 Å². The van der Waals surface area contributed by atoms with Crippen molar-refractivity contribution in [3.8, 4) is 0 Å². The van der Waals surface area contributed by atoms with Crippen molar-refractivity contribution in [3.05, 3.63) is 0 Å². The fourth-order valence-corrected chi connectivity index (χ4v) is 2.01. The van der Waals surface area contributed by atoms with Crippen LogP contribution in [0.2, 0.25) is 12.6 Å². The molecule has 0 bridgehead atoms. The predicted molar refractivity (Wildman–Crippen MR) is 59.3 cm³/mol. The monoisotopic (exact) mass is 182 g/mol. The van der Waals surface area contributed by atoms with Crippen LogP contribution >= 0.6 is 0 Å². The van der Waals surface area contributed by atoms with Gasteiger partial charge in [-0.15, -0.1) is 0 Å². The molecule has 0 atom stereocenters. The lowest BCUT2D eigenvalue weighted by Crippen LogP contribution is -2.21. The molecular weight excluding hydrogens is 159 g/mol. The van der Waals surface area contributed by atoms with E-state index >= 15 is 0 Å². The zero-order chi connectivity index (χ0) is 9.36. The highest BCUT2D eigenvalue weighted by atomic mass is 16.4. The molecule has 2 heteroatoms. The van der Waals surface area contributed by atoms with Crippen molar-refractivity contribution in [1.29, 1.82) is 0 Å². The van der Waals surface area contributed by atoms with Gasteiger partial charge in [0, 0.05) is 6.61 Å². The topological polar surface area (TPSA) is 9.23 Å². The van der Waals surface area contributed by atoms with Gasteiger partial charge in [0.1, 0.15) is 0 Å². The fourth-order valence-electron chi connectivity index (χ4n) is 2.01. The maximum absolute atomic E-state index is 5.83. The smallest absolute Gasteiger partial charge is 0.293 e. The van der Waals surface area contributed by atoms with Gasteiger partial charge in [-0.25, -0.2) is 0 Å². The molecule has 1 saturated heterocycles. The van der Waals surface area contributed by atoms with Crippen LogP contribution in [0.5, 0.6) is 0 Å². The minimum atomic E-state index is 0.607. The third kappa shape index (κ3) is 5.35. The molecule has 0 unspecified atom stereocenters. The largest absolute Gasteiger partial charge is 0.436 e. The molecule has 0 saturated carbocycles. The van der Waals surface area contributed by atoms with E-state index in [1.165, 1.54) is 57.6 Å². The van der Waals surface area contributed by atoms with Crippen LogP contribution in [0.4, 0.5) is 0 Å². The Labute approximate surface area is 83.4 Å². The maximum atomic E-state index is 5.83. The number of hydrogen-bond acceptors (Lipinski definition) is 1. The van der Waals surface area contributed by atoms with Crippen LogP contribution in [-0.2, 0) is 4.65 Å². The lowest BCUT2D eigenvalue weighted by atomic mass is 9.56. The van der Waals surface area contributed by atoms with Crippen LogP contribution in [0.3, 0.4) is 0 Å². The van der Waals surface area contributed by atoms with Crippen LogP contribution in [0, 0.1) is 0 Å². The lowest BCUT2D eigenvalue weighted by molar-refractivity contribution is 0.299. The van der Waals surface area contributed by atoms with E-state index in [0.29, 0.717) is 6.92 Å². The fraction of sp³-hybridized carbons (Fsp3) is 1.00. The summed E-state index contributed by atoms with van der Waals surface area (Å²) in [5, 5.41) is 0. The van der Waals surface area contributed by atoms with Crippen molar-refractivity contribution in [3.63, 3.8) is 0 Å². The summed E-state index contributed by atoms with van der Waals surface area (Å²) in [4.78, 5) is 0. The Morgan fingerprint density at radius 1 is 1.00 bits per heavy atom. The highest BCUT2D eigenvalue weighted by molar-refractivity contribution is 6.52. The van der Waals surface area contributed by atoms with E-state index in [4.69, 9.17) is 4.65 Å².